The van der Waals surface area contributed by atoms with E-state index in [4.69, 9.17) is 4.74 Å². The average Bonchev–Trinajstić information content (AvgIpc) is 2.67. The Morgan fingerprint density at radius 1 is 1.19 bits per heavy atom. The molecule has 2 aromatic carbocycles. The SMILES string of the molecule is C[B]CCOC(=O)c1cc2c(cc1F)C(C)(C)CC(=O)N2c1ccccc1C(F)(F)F. The van der Waals surface area contributed by atoms with E-state index in [2.05, 4.69) is 0 Å². The van der Waals surface area contributed by atoms with Crippen LogP contribution < -0.4 is 4.90 Å². The summed E-state index contributed by atoms with van der Waals surface area (Å²) in [6, 6.07) is 6.88. The molecule has 1 radical (unpaired) electrons. The minimum Gasteiger partial charge on any atom is -0.463 e. The molecule has 0 unspecified atom stereocenters. The fourth-order valence-electron chi connectivity index (χ4n) is 3.65. The van der Waals surface area contributed by atoms with Crippen LogP contribution in [0.4, 0.5) is 28.9 Å². The normalized spacial score (nSPS) is 15.5. The number of nitrogens with zero attached hydrogens (tertiary/aromatic N) is 1. The van der Waals surface area contributed by atoms with E-state index in [1.54, 1.807) is 28.0 Å². The summed E-state index contributed by atoms with van der Waals surface area (Å²) in [6.45, 7) is 5.21. The second-order valence-corrected chi connectivity index (χ2v) is 7.99. The van der Waals surface area contributed by atoms with Gasteiger partial charge in [-0.25, -0.2) is 9.18 Å². The minimum absolute atomic E-state index is 0.0355. The summed E-state index contributed by atoms with van der Waals surface area (Å²) in [4.78, 5) is 26.3. The van der Waals surface area contributed by atoms with Crippen LogP contribution in [0.5, 0.6) is 0 Å². The van der Waals surface area contributed by atoms with Crippen molar-refractivity contribution in [2.24, 2.45) is 0 Å². The number of benzene rings is 2. The Bertz CT molecular complexity index is 1020. The number of para-hydroxylation sites is 1. The molecule has 2 aromatic rings. The lowest BCUT2D eigenvalue weighted by Crippen LogP contribution is -2.40. The van der Waals surface area contributed by atoms with Gasteiger partial charge in [-0.3, -0.25) is 9.69 Å². The van der Waals surface area contributed by atoms with Crippen LogP contribution in [0.3, 0.4) is 0 Å². The Balaban J connectivity index is 2.19. The smallest absolute Gasteiger partial charge is 0.418 e. The van der Waals surface area contributed by atoms with Gasteiger partial charge in [-0.2, -0.15) is 13.2 Å². The number of anilines is 2. The van der Waals surface area contributed by atoms with Crippen LogP contribution in [0.1, 0.15) is 41.8 Å². The molecule has 3 rings (SSSR count). The van der Waals surface area contributed by atoms with Crippen molar-refractivity contribution in [3.8, 4) is 0 Å². The molecule has 4 nitrogen and oxygen atoms in total. The fraction of sp³-hybridized carbons (Fsp3) is 0.364. The lowest BCUT2D eigenvalue weighted by atomic mass is 9.76. The Morgan fingerprint density at radius 2 is 1.87 bits per heavy atom. The second kappa shape index (κ2) is 8.36. The van der Waals surface area contributed by atoms with Crippen molar-refractivity contribution in [3.05, 3.63) is 58.9 Å². The average molecular weight is 434 g/mol. The first-order valence-electron chi connectivity index (χ1n) is 9.75. The monoisotopic (exact) mass is 434 g/mol. The first-order valence-corrected chi connectivity index (χ1v) is 9.75. The summed E-state index contributed by atoms with van der Waals surface area (Å²) in [7, 11) is 1.77. The summed E-state index contributed by atoms with van der Waals surface area (Å²) >= 11 is 0. The van der Waals surface area contributed by atoms with Gasteiger partial charge in [0.05, 0.1) is 29.1 Å². The molecule has 0 saturated heterocycles. The van der Waals surface area contributed by atoms with Gasteiger partial charge in [-0.05, 0) is 36.1 Å². The van der Waals surface area contributed by atoms with E-state index in [0.29, 0.717) is 11.9 Å². The quantitative estimate of drug-likeness (QED) is 0.270. The van der Waals surface area contributed by atoms with E-state index in [-0.39, 0.29) is 24.4 Å². The molecule has 31 heavy (non-hydrogen) atoms. The van der Waals surface area contributed by atoms with E-state index in [1.165, 1.54) is 18.2 Å². The summed E-state index contributed by atoms with van der Waals surface area (Å²) in [5.41, 5.74) is -2.27. The number of fused-ring (bicyclic) bond motifs is 1. The maximum atomic E-state index is 14.8. The third-order valence-corrected chi connectivity index (χ3v) is 5.21. The highest BCUT2D eigenvalue weighted by Gasteiger charge is 2.42. The standard InChI is InChI=1S/C22H21BF4NO3/c1-21(2)12-19(29)28(17-7-5-4-6-14(17)22(25,26)27)18-10-13(16(24)11-15(18)21)20(30)31-9-8-23-3/h4-7,10-11H,8-9,12H2,1-3H3. The maximum Gasteiger partial charge on any atom is 0.418 e. The van der Waals surface area contributed by atoms with Gasteiger partial charge < -0.3 is 4.74 Å². The molecule has 0 aliphatic carbocycles. The molecule has 0 N–H and O–H groups in total. The lowest BCUT2D eigenvalue weighted by molar-refractivity contribution is -0.137. The zero-order valence-electron chi connectivity index (χ0n) is 17.3. The first-order chi connectivity index (χ1) is 14.5. The summed E-state index contributed by atoms with van der Waals surface area (Å²) in [6.07, 6.45) is -4.36. The molecule has 0 aromatic heterocycles. The fourth-order valence-corrected chi connectivity index (χ4v) is 3.65. The highest BCUT2D eigenvalue weighted by atomic mass is 19.4. The number of alkyl halides is 3. The van der Waals surface area contributed by atoms with Gasteiger partial charge in [-0.15, -0.1) is 0 Å². The van der Waals surface area contributed by atoms with Crippen molar-refractivity contribution >= 4 is 30.5 Å². The number of carbonyl (C=O) groups excluding carboxylic acids is 2. The van der Waals surface area contributed by atoms with Crippen LogP contribution in [-0.2, 0) is 21.1 Å². The van der Waals surface area contributed by atoms with Crippen molar-refractivity contribution < 1.29 is 31.9 Å². The number of carbonyl (C=O) groups is 2. The predicted molar refractivity (Wildman–Crippen MR) is 109 cm³/mol. The Kier molecular flexibility index (Phi) is 6.16. The predicted octanol–water partition coefficient (Wildman–Crippen LogP) is 5.52. The molecule has 0 bridgehead atoms. The number of halogens is 4. The third kappa shape index (κ3) is 4.45. The Hall–Kier alpha value is -2.84. The zero-order valence-corrected chi connectivity index (χ0v) is 17.3. The number of hydrogen-bond acceptors (Lipinski definition) is 3. The number of hydrogen-bond donors (Lipinski definition) is 0. The lowest BCUT2D eigenvalue weighted by Gasteiger charge is -2.39. The topological polar surface area (TPSA) is 46.6 Å². The molecule has 0 atom stereocenters. The van der Waals surface area contributed by atoms with Crippen molar-refractivity contribution in [2.75, 3.05) is 11.5 Å². The molecular formula is C22H21BF4NO3. The van der Waals surface area contributed by atoms with Crippen LogP contribution in [0.25, 0.3) is 0 Å². The van der Waals surface area contributed by atoms with Crippen LogP contribution in [0.2, 0.25) is 13.1 Å². The number of esters is 1. The van der Waals surface area contributed by atoms with Gasteiger partial charge in [0.25, 0.3) is 0 Å². The number of amides is 1. The van der Waals surface area contributed by atoms with E-state index in [0.717, 1.165) is 23.1 Å². The molecule has 1 amide bonds. The van der Waals surface area contributed by atoms with Gasteiger partial charge in [0.2, 0.25) is 5.91 Å². The first kappa shape index (κ1) is 22.8. The molecule has 0 fully saturated rings. The van der Waals surface area contributed by atoms with Gasteiger partial charge in [0, 0.05) is 11.8 Å². The highest BCUT2D eigenvalue weighted by molar-refractivity contribution is 6.33. The third-order valence-electron chi connectivity index (χ3n) is 5.21. The van der Waals surface area contributed by atoms with Gasteiger partial charge in [-0.1, -0.05) is 32.8 Å². The van der Waals surface area contributed by atoms with Crippen LogP contribution in [-0.4, -0.2) is 25.8 Å². The van der Waals surface area contributed by atoms with Crippen LogP contribution in [0, 0.1) is 5.82 Å². The molecule has 1 heterocycles. The summed E-state index contributed by atoms with van der Waals surface area (Å²) in [5.74, 6) is -2.38. The van der Waals surface area contributed by atoms with E-state index in [9.17, 15) is 27.2 Å². The van der Waals surface area contributed by atoms with Gasteiger partial charge in [0.1, 0.15) is 13.1 Å². The van der Waals surface area contributed by atoms with Crippen LogP contribution in [0.15, 0.2) is 36.4 Å². The molecule has 0 spiro atoms. The van der Waals surface area contributed by atoms with E-state index >= 15 is 0 Å². The van der Waals surface area contributed by atoms with Crippen molar-refractivity contribution in [2.45, 2.75) is 45.0 Å². The van der Waals surface area contributed by atoms with Crippen LogP contribution >= 0.6 is 0 Å². The summed E-state index contributed by atoms with van der Waals surface area (Å²) in [5, 5.41) is 0. The van der Waals surface area contributed by atoms with Crippen molar-refractivity contribution in [1.29, 1.82) is 0 Å². The molecule has 163 valence electrons. The molecule has 0 saturated carbocycles. The molecule has 9 heteroatoms. The largest absolute Gasteiger partial charge is 0.463 e. The Labute approximate surface area is 178 Å². The number of ether oxygens (including phenoxy) is 1. The molecule has 1 aliphatic rings. The Morgan fingerprint density at radius 3 is 2.52 bits per heavy atom. The minimum atomic E-state index is -4.71. The van der Waals surface area contributed by atoms with Crippen molar-refractivity contribution in [3.63, 3.8) is 0 Å². The van der Waals surface area contributed by atoms with Gasteiger partial charge in [0.15, 0.2) is 0 Å². The second-order valence-electron chi connectivity index (χ2n) is 7.99. The van der Waals surface area contributed by atoms with E-state index in [1.807, 2.05) is 0 Å². The maximum absolute atomic E-state index is 14.8. The highest BCUT2D eigenvalue weighted by Crippen LogP contribution is 2.47. The summed E-state index contributed by atoms with van der Waals surface area (Å²) < 4.78 is 60.7. The van der Waals surface area contributed by atoms with E-state index < -0.39 is 40.4 Å². The zero-order chi connectivity index (χ0) is 23.0. The number of rotatable bonds is 5. The van der Waals surface area contributed by atoms with Gasteiger partial charge >= 0.3 is 12.1 Å². The van der Waals surface area contributed by atoms with Crippen molar-refractivity contribution in [1.82, 2.24) is 0 Å². The molecular weight excluding hydrogens is 413 g/mol. The molecule has 1 aliphatic heterocycles.